The summed E-state index contributed by atoms with van der Waals surface area (Å²) in [5, 5.41) is 4.77. The van der Waals surface area contributed by atoms with Crippen LogP contribution in [0, 0.1) is 18.6 Å². The maximum atomic E-state index is 15.0. The van der Waals surface area contributed by atoms with E-state index in [1.807, 2.05) is 13.0 Å². The maximum Gasteiger partial charge on any atom is 0.252 e. The number of aryl methyl sites for hydroxylation is 1. The first kappa shape index (κ1) is 21.0. The smallest absolute Gasteiger partial charge is 0.252 e. The molecule has 1 saturated heterocycles. The van der Waals surface area contributed by atoms with Crippen molar-refractivity contribution in [1.29, 1.82) is 0 Å². The van der Waals surface area contributed by atoms with Crippen molar-refractivity contribution in [1.82, 2.24) is 24.5 Å². The Morgan fingerprint density at radius 3 is 2.69 bits per heavy atom. The van der Waals surface area contributed by atoms with Crippen LogP contribution in [-0.4, -0.2) is 37.6 Å². The zero-order chi connectivity index (χ0) is 22.2. The number of likely N-dealkylation sites (tertiary alicyclic amines) is 1. The standard InChI is InChI=1S/C24H22ClF2N5/c1-15-9-23(32-24(30-15)28-14-29-32)16-5-4-8-31(12-16)13-19-21(26)10-17(11-22(19)27)18-6-2-3-7-20(18)25/h2-3,6-7,9-11,14,16H,4-5,8,12-13H2,1H3. The Balaban J connectivity index is 1.39. The average Bonchev–Trinajstić information content (AvgIpc) is 3.24. The van der Waals surface area contributed by atoms with Gasteiger partial charge in [0.15, 0.2) is 0 Å². The van der Waals surface area contributed by atoms with Gasteiger partial charge in [-0.2, -0.15) is 10.1 Å². The van der Waals surface area contributed by atoms with Crippen molar-refractivity contribution < 1.29 is 8.78 Å². The highest BCUT2D eigenvalue weighted by Gasteiger charge is 2.26. The molecular weight excluding hydrogens is 432 g/mol. The van der Waals surface area contributed by atoms with Gasteiger partial charge in [-0.25, -0.2) is 18.3 Å². The Kier molecular flexibility index (Phi) is 5.61. The van der Waals surface area contributed by atoms with Crippen molar-refractivity contribution >= 4 is 17.4 Å². The highest BCUT2D eigenvalue weighted by Crippen LogP contribution is 2.32. The predicted molar refractivity (Wildman–Crippen MR) is 120 cm³/mol. The highest BCUT2D eigenvalue weighted by molar-refractivity contribution is 6.33. The summed E-state index contributed by atoms with van der Waals surface area (Å²) in [6, 6.07) is 11.8. The number of piperidine rings is 1. The molecule has 8 heteroatoms. The molecule has 0 saturated carbocycles. The number of nitrogens with zero attached hydrogens (tertiary/aromatic N) is 5. The quantitative estimate of drug-likeness (QED) is 0.414. The molecule has 0 bridgehead atoms. The fourth-order valence-corrected chi connectivity index (χ4v) is 4.76. The van der Waals surface area contributed by atoms with Crippen LogP contribution in [0.3, 0.4) is 0 Å². The van der Waals surface area contributed by atoms with Crippen molar-refractivity contribution in [2.24, 2.45) is 0 Å². The van der Waals surface area contributed by atoms with Crippen LogP contribution in [0.2, 0.25) is 5.02 Å². The van der Waals surface area contributed by atoms with Gasteiger partial charge in [0.05, 0.1) is 5.69 Å². The summed E-state index contributed by atoms with van der Waals surface area (Å²) in [6.07, 6.45) is 3.41. The minimum atomic E-state index is -0.555. The van der Waals surface area contributed by atoms with E-state index in [0.717, 1.165) is 30.8 Å². The van der Waals surface area contributed by atoms with Gasteiger partial charge < -0.3 is 0 Å². The van der Waals surface area contributed by atoms with Crippen molar-refractivity contribution in [3.8, 4) is 11.1 Å². The summed E-state index contributed by atoms with van der Waals surface area (Å²) in [6.45, 7) is 3.61. The van der Waals surface area contributed by atoms with Crippen LogP contribution in [0.4, 0.5) is 8.78 Å². The van der Waals surface area contributed by atoms with Gasteiger partial charge in [0.1, 0.15) is 18.0 Å². The molecule has 4 aromatic rings. The highest BCUT2D eigenvalue weighted by atomic mass is 35.5. The van der Waals surface area contributed by atoms with E-state index in [2.05, 4.69) is 20.0 Å². The number of hydrogen-bond donors (Lipinski definition) is 0. The molecule has 0 aliphatic carbocycles. The minimum absolute atomic E-state index is 0.0817. The van der Waals surface area contributed by atoms with E-state index in [-0.39, 0.29) is 18.0 Å². The lowest BCUT2D eigenvalue weighted by Crippen LogP contribution is -2.35. The number of hydrogen-bond acceptors (Lipinski definition) is 4. The Morgan fingerprint density at radius 1 is 1.12 bits per heavy atom. The average molecular weight is 454 g/mol. The van der Waals surface area contributed by atoms with Gasteiger partial charge in [-0.1, -0.05) is 29.8 Å². The third-order valence-corrected chi connectivity index (χ3v) is 6.37. The normalized spacial score (nSPS) is 17.2. The van der Waals surface area contributed by atoms with Gasteiger partial charge in [-0.3, -0.25) is 4.90 Å². The summed E-state index contributed by atoms with van der Waals surface area (Å²) < 4.78 is 31.7. The second-order valence-electron chi connectivity index (χ2n) is 8.27. The van der Waals surface area contributed by atoms with Crippen LogP contribution in [0.15, 0.2) is 48.8 Å². The lowest BCUT2D eigenvalue weighted by Gasteiger charge is -2.33. The van der Waals surface area contributed by atoms with E-state index < -0.39 is 11.6 Å². The van der Waals surface area contributed by atoms with Gasteiger partial charge in [0.25, 0.3) is 5.78 Å². The van der Waals surface area contributed by atoms with Gasteiger partial charge in [-0.05, 0) is 56.1 Å². The molecule has 164 valence electrons. The summed E-state index contributed by atoms with van der Waals surface area (Å²) in [5.41, 5.74) is 3.04. The van der Waals surface area contributed by atoms with Crippen LogP contribution in [0.25, 0.3) is 16.9 Å². The zero-order valence-electron chi connectivity index (χ0n) is 17.6. The summed E-state index contributed by atoms with van der Waals surface area (Å²) in [5.74, 6) is -0.353. The summed E-state index contributed by atoms with van der Waals surface area (Å²) >= 11 is 6.21. The van der Waals surface area contributed by atoms with Gasteiger partial charge >= 0.3 is 0 Å². The number of fused-ring (bicyclic) bond motifs is 1. The second kappa shape index (κ2) is 8.56. The lowest BCUT2D eigenvalue weighted by molar-refractivity contribution is 0.193. The minimum Gasteiger partial charge on any atom is -0.298 e. The molecule has 0 N–H and O–H groups in total. The van der Waals surface area contributed by atoms with Crippen molar-refractivity contribution in [2.75, 3.05) is 13.1 Å². The Hall–Kier alpha value is -2.90. The molecule has 2 aromatic carbocycles. The molecule has 2 aromatic heterocycles. The molecule has 32 heavy (non-hydrogen) atoms. The molecule has 0 spiro atoms. The largest absolute Gasteiger partial charge is 0.298 e. The third-order valence-electron chi connectivity index (χ3n) is 6.04. The molecule has 1 aliphatic heterocycles. The summed E-state index contributed by atoms with van der Waals surface area (Å²) in [7, 11) is 0. The first-order valence-corrected chi connectivity index (χ1v) is 11.0. The SMILES string of the molecule is Cc1cc(C2CCCN(Cc3c(F)cc(-c4ccccc4Cl)cc3F)C2)n2ncnc2n1. The van der Waals surface area contributed by atoms with Gasteiger partial charge in [-0.15, -0.1) is 0 Å². The molecule has 0 radical (unpaired) electrons. The fraction of sp³-hybridized carbons (Fsp3) is 0.292. The molecule has 5 nitrogen and oxygen atoms in total. The molecule has 1 fully saturated rings. The van der Waals surface area contributed by atoms with E-state index in [0.29, 0.717) is 28.5 Å². The monoisotopic (exact) mass is 453 g/mol. The molecule has 1 unspecified atom stereocenters. The molecule has 3 heterocycles. The van der Waals surface area contributed by atoms with E-state index in [4.69, 9.17) is 11.6 Å². The van der Waals surface area contributed by atoms with Crippen LogP contribution in [-0.2, 0) is 6.54 Å². The lowest BCUT2D eigenvalue weighted by atomic mass is 9.93. The fourth-order valence-electron chi connectivity index (χ4n) is 4.52. The molecule has 1 atom stereocenters. The van der Waals surface area contributed by atoms with E-state index in [1.54, 1.807) is 28.8 Å². The zero-order valence-corrected chi connectivity index (χ0v) is 18.4. The first-order valence-electron chi connectivity index (χ1n) is 10.6. The Morgan fingerprint density at radius 2 is 1.91 bits per heavy atom. The number of rotatable bonds is 4. The molecular formula is C24H22ClF2N5. The number of aromatic nitrogens is 4. The van der Waals surface area contributed by atoms with Crippen molar-refractivity contribution in [3.63, 3.8) is 0 Å². The van der Waals surface area contributed by atoms with Crippen molar-refractivity contribution in [3.05, 3.63) is 82.4 Å². The van der Waals surface area contributed by atoms with E-state index in [1.165, 1.54) is 18.5 Å². The number of halogens is 3. The third kappa shape index (κ3) is 3.98. The molecule has 1 aliphatic rings. The van der Waals surface area contributed by atoms with Crippen LogP contribution < -0.4 is 0 Å². The predicted octanol–water partition coefficient (Wildman–Crippen LogP) is 5.41. The van der Waals surface area contributed by atoms with E-state index in [9.17, 15) is 8.78 Å². The summed E-state index contributed by atoms with van der Waals surface area (Å²) in [4.78, 5) is 10.7. The van der Waals surface area contributed by atoms with Crippen LogP contribution in [0.1, 0.15) is 35.7 Å². The van der Waals surface area contributed by atoms with Gasteiger partial charge in [0, 0.05) is 40.9 Å². The van der Waals surface area contributed by atoms with Crippen LogP contribution in [0.5, 0.6) is 0 Å². The van der Waals surface area contributed by atoms with Crippen molar-refractivity contribution in [2.45, 2.75) is 32.2 Å². The molecule has 0 amide bonds. The Bertz CT molecular complexity index is 1270. The van der Waals surface area contributed by atoms with Gasteiger partial charge in [0.2, 0.25) is 0 Å². The second-order valence-corrected chi connectivity index (χ2v) is 8.67. The topological polar surface area (TPSA) is 46.3 Å². The molecule has 5 rings (SSSR count). The first-order chi connectivity index (χ1) is 15.5. The van der Waals surface area contributed by atoms with Crippen LogP contribution >= 0.6 is 11.6 Å². The van der Waals surface area contributed by atoms with E-state index >= 15 is 0 Å². The maximum absolute atomic E-state index is 15.0. The number of benzene rings is 2. The Labute approximate surface area is 189 Å².